The van der Waals surface area contributed by atoms with Crippen molar-refractivity contribution in [2.45, 2.75) is 37.0 Å². The lowest BCUT2D eigenvalue weighted by molar-refractivity contribution is -0.143. The van der Waals surface area contributed by atoms with Gasteiger partial charge in [-0.25, -0.2) is 9.78 Å². The van der Waals surface area contributed by atoms with Crippen molar-refractivity contribution in [3.05, 3.63) is 18.2 Å². The van der Waals surface area contributed by atoms with Crippen LogP contribution in [0.2, 0.25) is 0 Å². The van der Waals surface area contributed by atoms with Gasteiger partial charge >= 0.3 is 5.97 Å². The van der Waals surface area contributed by atoms with Crippen molar-refractivity contribution in [2.24, 2.45) is 11.5 Å². The molecule has 1 aromatic rings. The molecule has 0 fully saturated rings. The highest BCUT2D eigenvalue weighted by molar-refractivity contribution is 7.80. The number of imidazole rings is 1. The number of aliphatic carboxylic acids is 1. The summed E-state index contributed by atoms with van der Waals surface area (Å²) in [6.07, 6.45) is 2.05. The van der Waals surface area contributed by atoms with Crippen LogP contribution >= 0.6 is 25.3 Å². The molecule has 31 heavy (non-hydrogen) atoms. The van der Waals surface area contributed by atoms with E-state index in [0.29, 0.717) is 5.69 Å². The highest BCUT2D eigenvalue weighted by Gasteiger charge is 2.30. The molecule has 172 valence electrons. The van der Waals surface area contributed by atoms with E-state index >= 15 is 0 Å². The van der Waals surface area contributed by atoms with Crippen molar-refractivity contribution in [1.82, 2.24) is 25.9 Å². The number of carboxylic acids is 1. The van der Waals surface area contributed by atoms with Gasteiger partial charge in [0.05, 0.1) is 18.8 Å². The van der Waals surface area contributed by atoms with E-state index in [1.54, 1.807) is 0 Å². The maximum atomic E-state index is 12.7. The molecule has 1 rings (SSSR count). The Balaban J connectivity index is 2.97. The van der Waals surface area contributed by atoms with Crippen LogP contribution in [0.3, 0.4) is 0 Å². The lowest BCUT2D eigenvalue weighted by Crippen LogP contribution is -2.58. The summed E-state index contributed by atoms with van der Waals surface area (Å²) in [6.45, 7) is 0. The predicted molar refractivity (Wildman–Crippen MR) is 115 cm³/mol. The number of carboxylic acid groups (broad SMARTS) is 1. The molecular weight excluding hydrogens is 450 g/mol. The van der Waals surface area contributed by atoms with E-state index in [1.165, 1.54) is 12.5 Å². The Hall–Kier alpha value is -2.78. The number of hydrogen-bond donors (Lipinski definition) is 9. The molecule has 13 nitrogen and oxygen atoms in total. The molecule has 0 saturated heterocycles. The summed E-state index contributed by atoms with van der Waals surface area (Å²) in [5, 5.41) is 16.2. The fourth-order valence-corrected chi connectivity index (χ4v) is 2.75. The molecule has 1 heterocycles. The van der Waals surface area contributed by atoms with Crippen molar-refractivity contribution >= 4 is 54.9 Å². The van der Waals surface area contributed by atoms with Crippen molar-refractivity contribution in [2.75, 3.05) is 11.5 Å². The summed E-state index contributed by atoms with van der Waals surface area (Å²) >= 11 is 7.94. The molecular formula is C16H25N7O6S2. The summed E-state index contributed by atoms with van der Waals surface area (Å²) in [6, 6.07) is -4.92. The van der Waals surface area contributed by atoms with E-state index in [-0.39, 0.29) is 17.9 Å². The normalized spacial score (nSPS) is 14.5. The number of nitrogens with two attached hydrogens (primary N) is 2. The van der Waals surface area contributed by atoms with Crippen LogP contribution < -0.4 is 27.4 Å². The smallest absolute Gasteiger partial charge is 0.326 e. The summed E-state index contributed by atoms with van der Waals surface area (Å²) < 4.78 is 0. The van der Waals surface area contributed by atoms with Gasteiger partial charge in [-0.15, -0.1) is 0 Å². The number of thiol groups is 2. The minimum absolute atomic E-state index is 0.0496. The highest BCUT2D eigenvalue weighted by Crippen LogP contribution is 2.03. The van der Waals surface area contributed by atoms with E-state index in [4.69, 9.17) is 11.5 Å². The molecule has 0 bridgehead atoms. The van der Waals surface area contributed by atoms with Crippen LogP contribution in [0.4, 0.5) is 0 Å². The first-order chi connectivity index (χ1) is 14.6. The zero-order valence-corrected chi connectivity index (χ0v) is 18.1. The zero-order chi connectivity index (χ0) is 23.6. The molecule has 4 unspecified atom stereocenters. The third-order valence-corrected chi connectivity index (χ3v) is 4.74. The average Bonchev–Trinajstić information content (AvgIpc) is 3.22. The highest BCUT2D eigenvalue weighted by atomic mass is 32.1. The molecule has 0 aromatic carbocycles. The molecule has 0 aliphatic heterocycles. The van der Waals surface area contributed by atoms with Crippen LogP contribution in [0, 0.1) is 0 Å². The van der Waals surface area contributed by atoms with Crippen molar-refractivity contribution in [3.63, 3.8) is 0 Å². The first-order valence-electron chi connectivity index (χ1n) is 8.95. The van der Waals surface area contributed by atoms with E-state index < -0.39 is 60.2 Å². The van der Waals surface area contributed by atoms with Gasteiger partial charge in [-0.3, -0.25) is 19.2 Å². The quantitative estimate of drug-likeness (QED) is 0.130. The van der Waals surface area contributed by atoms with E-state index in [9.17, 15) is 29.1 Å². The Kier molecular flexibility index (Phi) is 10.8. The van der Waals surface area contributed by atoms with Crippen LogP contribution in [-0.4, -0.2) is 80.3 Å². The second-order valence-corrected chi connectivity index (χ2v) is 7.18. The number of rotatable bonds is 13. The van der Waals surface area contributed by atoms with Crippen LogP contribution in [0.1, 0.15) is 12.1 Å². The molecule has 0 radical (unpaired) electrons. The molecule has 15 heteroatoms. The van der Waals surface area contributed by atoms with Gasteiger partial charge in [-0.05, 0) is 0 Å². The van der Waals surface area contributed by atoms with Gasteiger partial charge in [0.25, 0.3) is 0 Å². The number of amides is 4. The van der Waals surface area contributed by atoms with E-state index in [2.05, 4.69) is 51.2 Å². The monoisotopic (exact) mass is 475 g/mol. The molecule has 0 saturated carbocycles. The number of H-pyrrole nitrogens is 1. The number of hydrogen-bond acceptors (Lipinski definition) is 9. The van der Waals surface area contributed by atoms with Gasteiger partial charge < -0.3 is 37.5 Å². The Bertz CT molecular complexity index is 791. The number of nitrogens with zero attached hydrogens (tertiary/aromatic N) is 1. The predicted octanol–water partition coefficient (Wildman–Crippen LogP) is -3.45. The first kappa shape index (κ1) is 26.3. The molecule has 1 aromatic heterocycles. The molecule has 4 atom stereocenters. The van der Waals surface area contributed by atoms with Gasteiger partial charge in [-0.2, -0.15) is 25.3 Å². The van der Waals surface area contributed by atoms with Crippen molar-refractivity contribution in [1.29, 1.82) is 0 Å². The van der Waals surface area contributed by atoms with Crippen LogP contribution in [0.15, 0.2) is 12.5 Å². The Morgan fingerprint density at radius 1 is 1.00 bits per heavy atom. The second-order valence-electron chi connectivity index (χ2n) is 6.44. The third-order valence-electron chi connectivity index (χ3n) is 3.98. The number of nitrogens with one attached hydrogen (secondary N) is 4. The third kappa shape index (κ3) is 8.85. The van der Waals surface area contributed by atoms with E-state index in [0.717, 1.165) is 0 Å². The standard InChI is InChI=1S/C16H25N7O6S2/c17-8(4-30)13(25)23-11(5-31)15(27)21-9(1-7-3-19-6-20-7)14(26)22-10(16(28)29)2-12(18)24/h3,6,8-11,30-31H,1-2,4-5,17H2,(H2,18,24)(H,19,20)(H,21,27)(H,22,26)(H,23,25)(H,28,29). The second kappa shape index (κ2) is 12.8. The molecule has 0 spiro atoms. The number of aromatic nitrogens is 2. The topological polar surface area (TPSA) is 222 Å². The van der Waals surface area contributed by atoms with Gasteiger partial charge in [0.1, 0.15) is 18.1 Å². The summed E-state index contributed by atoms with van der Waals surface area (Å²) in [7, 11) is 0. The lowest BCUT2D eigenvalue weighted by atomic mass is 10.1. The molecule has 0 aliphatic rings. The Morgan fingerprint density at radius 3 is 2.06 bits per heavy atom. The largest absolute Gasteiger partial charge is 0.480 e. The summed E-state index contributed by atoms with van der Waals surface area (Å²) in [5.74, 6) is -4.72. The van der Waals surface area contributed by atoms with E-state index in [1.807, 2.05) is 0 Å². The fourth-order valence-electron chi connectivity index (χ4n) is 2.33. The first-order valence-corrected chi connectivity index (χ1v) is 10.2. The Morgan fingerprint density at radius 2 is 1.58 bits per heavy atom. The van der Waals surface area contributed by atoms with Crippen LogP contribution in [0.5, 0.6) is 0 Å². The minimum Gasteiger partial charge on any atom is -0.480 e. The van der Waals surface area contributed by atoms with Gasteiger partial charge in [0.15, 0.2) is 0 Å². The van der Waals surface area contributed by atoms with Gasteiger partial charge in [-0.1, -0.05) is 0 Å². The maximum absolute atomic E-state index is 12.7. The Labute approximate surface area is 188 Å². The maximum Gasteiger partial charge on any atom is 0.326 e. The number of aromatic amines is 1. The van der Waals surface area contributed by atoms with Gasteiger partial charge in [0.2, 0.25) is 23.6 Å². The summed E-state index contributed by atoms with van der Waals surface area (Å²) in [5.41, 5.74) is 11.0. The average molecular weight is 476 g/mol. The number of carbonyl (C=O) groups is 5. The van der Waals surface area contributed by atoms with Crippen molar-refractivity contribution in [3.8, 4) is 0 Å². The minimum atomic E-state index is -1.58. The SMILES string of the molecule is NC(=O)CC(NC(=O)C(Cc1cnc[nH]1)NC(=O)C(CS)NC(=O)C(N)CS)C(=O)O. The zero-order valence-electron chi connectivity index (χ0n) is 16.3. The number of primary amides is 1. The number of carbonyl (C=O) groups excluding carboxylic acids is 4. The van der Waals surface area contributed by atoms with Crippen LogP contribution in [0.25, 0.3) is 0 Å². The molecule has 4 amide bonds. The molecule has 9 N–H and O–H groups in total. The summed E-state index contributed by atoms with van der Waals surface area (Å²) in [4.78, 5) is 66.2. The van der Waals surface area contributed by atoms with Gasteiger partial charge in [0, 0.05) is 29.8 Å². The fraction of sp³-hybridized carbons (Fsp3) is 0.500. The van der Waals surface area contributed by atoms with Crippen molar-refractivity contribution < 1.29 is 29.1 Å². The van der Waals surface area contributed by atoms with Crippen LogP contribution in [-0.2, 0) is 30.4 Å². The molecule has 0 aliphatic carbocycles. The lowest BCUT2D eigenvalue weighted by Gasteiger charge is -2.24.